The molecule has 1 aromatic rings. The van der Waals surface area contributed by atoms with E-state index in [-0.39, 0.29) is 10.7 Å². The second-order valence-electron chi connectivity index (χ2n) is 4.97. The fourth-order valence-corrected chi connectivity index (χ4v) is 2.97. The van der Waals surface area contributed by atoms with Crippen LogP contribution in [0.4, 0.5) is 5.69 Å². The molecule has 0 aliphatic heterocycles. The molecule has 4 nitrogen and oxygen atoms in total. The maximum absolute atomic E-state index is 12.3. The summed E-state index contributed by atoms with van der Waals surface area (Å²) in [5, 5.41) is 3.03. The Labute approximate surface area is 125 Å². The molecule has 1 amide bonds. The Morgan fingerprint density at radius 1 is 1.35 bits per heavy atom. The van der Waals surface area contributed by atoms with E-state index in [0.29, 0.717) is 17.8 Å². The van der Waals surface area contributed by atoms with Crippen molar-refractivity contribution in [3.63, 3.8) is 0 Å². The summed E-state index contributed by atoms with van der Waals surface area (Å²) in [7, 11) is 0. The number of anilines is 1. The number of nitrogens with one attached hydrogen (secondary N) is 2. The van der Waals surface area contributed by atoms with Crippen molar-refractivity contribution in [3.8, 4) is 0 Å². The maximum Gasteiger partial charge on any atom is 0.253 e. The lowest BCUT2D eigenvalue weighted by Gasteiger charge is -2.29. The maximum atomic E-state index is 12.3. The predicted molar refractivity (Wildman–Crippen MR) is 88.2 cm³/mol. The molecule has 0 fully saturated rings. The number of amides is 1. The minimum Gasteiger partial charge on any atom is -0.351 e. The fourth-order valence-electron chi connectivity index (χ4n) is 2.17. The first-order chi connectivity index (χ1) is 9.51. The predicted octanol–water partition coefficient (Wildman–Crippen LogP) is 2.93. The van der Waals surface area contributed by atoms with E-state index in [1.807, 2.05) is 30.8 Å². The lowest BCUT2D eigenvalue weighted by molar-refractivity contribution is 0.0949. The third kappa shape index (κ3) is 3.90. The molecular formula is C15H25N3OS. The van der Waals surface area contributed by atoms with Crippen LogP contribution < -0.4 is 16.6 Å². The third-order valence-electron chi connectivity index (χ3n) is 3.87. The molecule has 0 aliphatic rings. The van der Waals surface area contributed by atoms with E-state index < -0.39 is 0 Å². The molecule has 0 radical (unpaired) electrons. The number of hydrogen-bond acceptors (Lipinski definition) is 4. The van der Waals surface area contributed by atoms with E-state index in [2.05, 4.69) is 30.8 Å². The lowest BCUT2D eigenvalue weighted by Crippen LogP contribution is -2.39. The van der Waals surface area contributed by atoms with Crippen LogP contribution in [0.2, 0.25) is 0 Å². The molecule has 0 heterocycles. The van der Waals surface area contributed by atoms with Crippen LogP contribution >= 0.6 is 11.8 Å². The zero-order valence-electron chi connectivity index (χ0n) is 12.7. The Balaban J connectivity index is 2.82. The highest BCUT2D eigenvalue weighted by molar-refractivity contribution is 8.00. The van der Waals surface area contributed by atoms with Gasteiger partial charge in [-0.1, -0.05) is 19.9 Å². The van der Waals surface area contributed by atoms with Gasteiger partial charge in [-0.25, -0.2) is 0 Å². The van der Waals surface area contributed by atoms with Crippen LogP contribution in [-0.4, -0.2) is 23.5 Å². The van der Waals surface area contributed by atoms with Crippen LogP contribution in [0, 0.1) is 6.92 Å². The molecule has 0 aromatic heterocycles. The number of aryl methyl sites for hydroxylation is 1. The van der Waals surface area contributed by atoms with Crippen LogP contribution in [0.1, 0.15) is 42.6 Å². The number of rotatable bonds is 7. The lowest BCUT2D eigenvalue weighted by atomic mass is 10.0. The van der Waals surface area contributed by atoms with Gasteiger partial charge >= 0.3 is 0 Å². The topological polar surface area (TPSA) is 67.2 Å². The van der Waals surface area contributed by atoms with E-state index >= 15 is 0 Å². The zero-order chi connectivity index (χ0) is 15.2. The van der Waals surface area contributed by atoms with Crippen LogP contribution in [0.5, 0.6) is 0 Å². The summed E-state index contributed by atoms with van der Waals surface area (Å²) in [5.41, 5.74) is 4.90. The van der Waals surface area contributed by atoms with Gasteiger partial charge in [0.15, 0.2) is 0 Å². The van der Waals surface area contributed by atoms with Gasteiger partial charge in [0.05, 0.1) is 11.3 Å². The minimum absolute atomic E-state index is 0.0849. The molecule has 0 spiro atoms. The van der Waals surface area contributed by atoms with Crippen LogP contribution in [0.15, 0.2) is 18.2 Å². The summed E-state index contributed by atoms with van der Waals surface area (Å²) in [5.74, 6) is 5.40. The van der Waals surface area contributed by atoms with Gasteiger partial charge in [0.25, 0.3) is 5.91 Å². The molecule has 0 saturated carbocycles. The normalized spacial score (nSPS) is 11.2. The molecule has 0 aliphatic carbocycles. The van der Waals surface area contributed by atoms with Gasteiger partial charge in [0, 0.05) is 11.3 Å². The second-order valence-corrected chi connectivity index (χ2v) is 6.24. The Kier molecular flexibility index (Phi) is 6.36. The van der Waals surface area contributed by atoms with Gasteiger partial charge in [0.1, 0.15) is 0 Å². The Hall–Kier alpha value is -1.20. The van der Waals surface area contributed by atoms with Gasteiger partial charge in [-0.2, -0.15) is 11.8 Å². The molecule has 1 rings (SSSR count). The number of nitrogens with two attached hydrogens (primary N) is 1. The van der Waals surface area contributed by atoms with Gasteiger partial charge in [-0.3, -0.25) is 10.6 Å². The Morgan fingerprint density at radius 3 is 2.50 bits per heavy atom. The van der Waals surface area contributed by atoms with E-state index in [9.17, 15) is 4.79 Å². The van der Waals surface area contributed by atoms with Gasteiger partial charge in [0.2, 0.25) is 0 Å². The van der Waals surface area contributed by atoms with Crippen molar-refractivity contribution in [1.29, 1.82) is 0 Å². The summed E-state index contributed by atoms with van der Waals surface area (Å²) in [6, 6.07) is 5.59. The summed E-state index contributed by atoms with van der Waals surface area (Å²) in [6.07, 6.45) is 4.15. The van der Waals surface area contributed by atoms with E-state index in [1.165, 1.54) is 0 Å². The van der Waals surface area contributed by atoms with Gasteiger partial charge in [-0.15, -0.1) is 0 Å². The molecule has 1 aromatic carbocycles. The van der Waals surface area contributed by atoms with Gasteiger partial charge in [-0.05, 0) is 43.7 Å². The molecule has 5 heteroatoms. The number of thioether (sulfide) groups is 1. The van der Waals surface area contributed by atoms with Crippen molar-refractivity contribution < 1.29 is 4.79 Å². The van der Waals surface area contributed by atoms with Crippen molar-refractivity contribution in [2.45, 2.75) is 38.4 Å². The third-order valence-corrected chi connectivity index (χ3v) is 5.46. The number of hydrazine groups is 1. The first kappa shape index (κ1) is 16.9. The Bertz CT molecular complexity index is 450. The van der Waals surface area contributed by atoms with Crippen molar-refractivity contribution in [1.82, 2.24) is 5.32 Å². The average Bonchev–Trinajstić information content (AvgIpc) is 2.48. The fraction of sp³-hybridized carbons (Fsp3) is 0.533. The molecule has 0 bridgehead atoms. The van der Waals surface area contributed by atoms with Crippen molar-refractivity contribution in [3.05, 3.63) is 29.3 Å². The van der Waals surface area contributed by atoms with Crippen LogP contribution in [0.3, 0.4) is 0 Å². The standard InChI is InChI=1S/C15H25N3OS/c1-5-15(6-2,20-4)10-17-14(19)12-8-7-11(3)9-13(12)18-16/h7-9,18H,5-6,10,16H2,1-4H3,(H,17,19). The number of carbonyl (C=O) groups is 1. The minimum atomic E-state index is -0.0849. The molecule has 20 heavy (non-hydrogen) atoms. The highest BCUT2D eigenvalue weighted by atomic mass is 32.2. The first-order valence-electron chi connectivity index (χ1n) is 6.92. The first-order valence-corrected chi connectivity index (χ1v) is 8.15. The average molecular weight is 295 g/mol. The quantitative estimate of drug-likeness (QED) is 0.534. The van der Waals surface area contributed by atoms with Crippen molar-refractivity contribution in [2.24, 2.45) is 5.84 Å². The molecule has 0 unspecified atom stereocenters. The Morgan fingerprint density at radius 2 is 2.00 bits per heavy atom. The number of hydrogen-bond donors (Lipinski definition) is 3. The summed E-state index contributed by atoms with van der Waals surface area (Å²) in [6.45, 7) is 6.95. The summed E-state index contributed by atoms with van der Waals surface area (Å²) in [4.78, 5) is 12.3. The highest BCUT2D eigenvalue weighted by Crippen LogP contribution is 2.29. The SMILES string of the molecule is CCC(CC)(CNC(=O)c1ccc(C)cc1NN)SC. The number of carbonyl (C=O) groups excluding carboxylic acids is 1. The summed E-state index contributed by atoms with van der Waals surface area (Å²) >= 11 is 1.81. The monoisotopic (exact) mass is 295 g/mol. The van der Waals surface area contributed by atoms with Crippen LogP contribution in [0.25, 0.3) is 0 Å². The molecule has 0 atom stereocenters. The molecule has 112 valence electrons. The highest BCUT2D eigenvalue weighted by Gasteiger charge is 2.25. The van der Waals surface area contributed by atoms with Gasteiger partial charge < -0.3 is 10.7 Å². The summed E-state index contributed by atoms with van der Waals surface area (Å²) < 4.78 is 0.108. The largest absolute Gasteiger partial charge is 0.351 e. The smallest absolute Gasteiger partial charge is 0.253 e. The zero-order valence-corrected chi connectivity index (χ0v) is 13.6. The molecule has 4 N–H and O–H groups in total. The van der Waals surface area contributed by atoms with E-state index in [0.717, 1.165) is 18.4 Å². The van der Waals surface area contributed by atoms with Crippen molar-refractivity contribution >= 4 is 23.4 Å². The molecule has 0 saturated heterocycles. The second kappa shape index (κ2) is 7.55. The number of benzene rings is 1. The van der Waals surface area contributed by atoms with Crippen LogP contribution in [-0.2, 0) is 0 Å². The molecular weight excluding hydrogens is 270 g/mol. The van der Waals surface area contributed by atoms with Crippen molar-refractivity contribution in [2.75, 3.05) is 18.2 Å². The van der Waals surface area contributed by atoms with E-state index in [4.69, 9.17) is 5.84 Å². The number of nitrogen functional groups attached to an aromatic ring is 1. The van der Waals surface area contributed by atoms with E-state index in [1.54, 1.807) is 6.07 Å².